The molecule has 146 valence electrons. The number of nitrogens with zero attached hydrogens (tertiary/aromatic N) is 2. The predicted octanol–water partition coefficient (Wildman–Crippen LogP) is 4.47. The third kappa shape index (κ3) is 5.09. The summed E-state index contributed by atoms with van der Waals surface area (Å²) in [4.78, 5) is 9.56. The monoisotopic (exact) mass is 414 g/mol. The van der Waals surface area contributed by atoms with Crippen LogP contribution in [0.2, 0.25) is 5.02 Å². The Kier molecular flexibility index (Phi) is 6.65. The molecule has 1 aromatic heterocycles. The molecule has 0 spiro atoms. The standard InChI is InChI=1S/C21H23ClN4OS/c1-14-18(6-3-7-19(14)22)20-13-16(25-21(23)26-20)5-4-12-24-15-8-10-17(11-9-15)28(2)27/h3,6-11,13,24H,4-5,12H2,1-2H3,(H2,23,25,26). The molecule has 0 aliphatic rings. The lowest BCUT2D eigenvalue weighted by Crippen LogP contribution is -2.06. The Morgan fingerprint density at radius 1 is 1.14 bits per heavy atom. The van der Waals surface area contributed by atoms with Gasteiger partial charge in [0.05, 0.1) is 5.69 Å². The Balaban J connectivity index is 1.62. The second kappa shape index (κ2) is 9.17. The molecule has 1 heterocycles. The Morgan fingerprint density at radius 3 is 2.61 bits per heavy atom. The SMILES string of the molecule is Cc1c(Cl)cccc1-c1cc(CCCNc2ccc(S(C)=O)cc2)nc(N)n1. The highest BCUT2D eigenvalue weighted by molar-refractivity contribution is 7.84. The minimum Gasteiger partial charge on any atom is -0.385 e. The van der Waals surface area contributed by atoms with E-state index in [0.29, 0.717) is 5.02 Å². The van der Waals surface area contributed by atoms with Crippen LogP contribution in [0.25, 0.3) is 11.3 Å². The molecular weight excluding hydrogens is 392 g/mol. The summed E-state index contributed by atoms with van der Waals surface area (Å²) in [5.41, 5.74) is 10.6. The molecule has 3 N–H and O–H groups in total. The molecule has 1 unspecified atom stereocenters. The van der Waals surface area contributed by atoms with Crippen molar-refractivity contribution in [2.24, 2.45) is 0 Å². The van der Waals surface area contributed by atoms with E-state index >= 15 is 0 Å². The summed E-state index contributed by atoms with van der Waals surface area (Å²) in [7, 11) is -0.955. The number of hydrogen-bond acceptors (Lipinski definition) is 5. The van der Waals surface area contributed by atoms with Crippen LogP contribution in [0.1, 0.15) is 17.7 Å². The van der Waals surface area contributed by atoms with Crippen LogP contribution >= 0.6 is 11.6 Å². The van der Waals surface area contributed by atoms with Crippen molar-refractivity contribution in [1.82, 2.24) is 9.97 Å². The number of halogens is 1. The average molecular weight is 415 g/mol. The first kappa shape index (κ1) is 20.3. The lowest BCUT2D eigenvalue weighted by molar-refractivity contribution is 0.687. The maximum absolute atomic E-state index is 11.4. The number of aryl methyl sites for hydroxylation is 1. The van der Waals surface area contributed by atoms with Gasteiger partial charge in [-0.15, -0.1) is 0 Å². The molecule has 0 aliphatic heterocycles. The van der Waals surface area contributed by atoms with Gasteiger partial charge in [-0.2, -0.15) is 0 Å². The third-order valence-electron chi connectivity index (χ3n) is 4.47. The molecule has 0 saturated carbocycles. The van der Waals surface area contributed by atoms with Crippen molar-refractivity contribution in [2.45, 2.75) is 24.7 Å². The smallest absolute Gasteiger partial charge is 0.220 e. The molecule has 0 radical (unpaired) electrons. The first-order valence-corrected chi connectivity index (χ1v) is 10.9. The van der Waals surface area contributed by atoms with Gasteiger partial charge < -0.3 is 11.1 Å². The molecule has 7 heteroatoms. The highest BCUT2D eigenvalue weighted by Crippen LogP contribution is 2.28. The highest BCUT2D eigenvalue weighted by Gasteiger charge is 2.09. The van der Waals surface area contributed by atoms with Gasteiger partial charge in [-0.3, -0.25) is 4.21 Å². The van der Waals surface area contributed by atoms with Crippen molar-refractivity contribution in [3.63, 3.8) is 0 Å². The van der Waals surface area contributed by atoms with E-state index in [1.54, 1.807) is 6.26 Å². The average Bonchev–Trinajstić information content (AvgIpc) is 2.67. The zero-order chi connectivity index (χ0) is 20.1. The van der Waals surface area contributed by atoms with Crippen LogP contribution in [-0.2, 0) is 17.2 Å². The third-order valence-corrected chi connectivity index (χ3v) is 5.81. The van der Waals surface area contributed by atoms with Crippen LogP contribution in [0, 0.1) is 6.92 Å². The highest BCUT2D eigenvalue weighted by atomic mass is 35.5. The van der Waals surface area contributed by atoms with Crippen LogP contribution in [0.3, 0.4) is 0 Å². The summed E-state index contributed by atoms with van der Waals surface area (Å²) in [6, 6.07) is 15.4. The summed E-state index contributed by atoms with van der Waals surface area (Å²) in [6.45, 7) is 2.77. The number of nitrogen functional groups attached to an aromatic ring is 1. The minimum atomic E-state index is -0.955. The molecule has 28 heavy (non-hydrogen) atoms. The second-order valence-corrected chi connectivity index (χ2v) is 8.31. The van der Waals surface area contributed by atoms with Gasteiger partial charge in [0.25, 0.3) is 0 Å². The van der Waals surface area contributed by atoms with Crippen molar-refractivity contribution in [3.05, 3.63) is 64.8 Å². The van der Waals surface area contributed by atoms with Gasteiger partial charge in [0.15, 0.2) is 0 Å². The molecule has 0 amide bonds. The molecule has 1 atom stereocenters. The quantitative estimate of drug-likeness (QED) is 0.557. The van der Waals surface area contributed by atoms with Gasteiger partial charge in [0, 0.05) is 50.5 Å². The van der Waals surface area contributed by atoms with E-state index in [4.69, 9.17) is 17.3 Å². The first-order valence-electron chi connectivity index (χ1n) is 9.00. The number of hydrogen-bond donors (Lipinski definition) is 2. The van der Waals surface area contributed by atoms with Crippen molar-refractivity contribution in [3.8, 4) is 11.3 Å². The summed E-state index contributed by atoms with van der Waals surface area (Å²) < 4.78 is 11.4. The van der Waals surface area contributed by atoms with E-state index in [0.717, 1.165) is 52.5 Å². The van der Waals surface area contributed by atoms with Crippen LogP contribution in [0.5, 0.6) is 0 Å². The lowest BCUT2D eigenvalue weighted by atomic mass is 10.0. The normalized spacial score (nSPS) is 12.0. The molecule has 2 aromatic carbocycles. The summed E-state index contributed by atoms with van der Waals surface area (Å²) in [6.07, 6.45) is 3.35. The van der Waals surface area contributed by atoms with Crippen LogP contribution in [0.4, 0.5) is 11.6 Å². The number of anilines is 2. The predicted molar refractivity (Wildman–Crippen MR) is 117 cm³/mol. The van der Waals surface area contributed by atoms with E-state index in [1.165, 1.54) is 0 Å². The molecule has 0 bridgehead atoms. The second-order valence-electron chi connectivity index (χ2n) is 6.52. The zero-order valence-corrected chi connectivity index (χ0v) is 17.5. The van der Waals surface area contributed by atoms with Crippen LogP contribution in [-0.4, -0.2) is 27.0 Å². The molecule has 0 aliphatic carbocycles. The van der Waals surface area contributed by atoms with Gasteiger partial charge in [-0.05, 0) is 61.7 Å². The maximum Gasteiger partial charge on any atom is 0.220 e. The molecule has 0 fully saturated rings. The fourth-order valence-electron chi connectivity index (χ4n) is 2.94. The fraction of sp³-hybridized carbons (Fsp3) is 0.238. The van der Waals surface area contributed by atoms with Crippen molar-refractivity contribution in [1.29, 1.82) is 0 Å². The number of rotatable bonds is 7. The lowest BCUT2D eigenvalue weighted by Gasteiger charge is -2.10. The Hall–Kier alpha value is -2.44. The number of nitrogens with two attached hydrogens (primary N) is 1. The van der Waals surface area contributed by atoms with E-state index < -0.39 is 10.8 Å². The number of nitrogens with one attached hydrogen (secondary N) is 1. The Morgan fingerprint density at radius 2 is 1.89 bits per heavy atom. The fourth-order valence-corrected chi connectivity index (χ4v) is 3.63. The van der Waals surface area contributed by atoms with Gasteiger partial charge in [-0.1, -0.05) is 23.7 Å². The van der Waals surface area contributed by atoms with Gasteiger partial charge in [0.1, 0.15) is 0 Å². The largest absolute Gasteiger partial charge is 0.385 e. The van der Waals surface area contributed by atoms with Crippen LogP contribution in [0.15, 0.2) is 53.4 Å². The molecule has 5 nitrogen and oxygen atoms in total. The first-order chi connectivity index (χ1) is 13.4. The molecule has 3 aromatic rings. The summed E-state index contributed by atoms with van der Waals surface area (Å²) >= 11 is 6.23. The minimum absolute atomic E-state index is 0.267. The van der Waals surface area contributed by atoms with Gasteiger partial charge >= 0.3 is 0 Å². The maximum atomic E-state index is 11.4. The summed E-state index contributed by atoms with van der Waals surface area (Å²) in [5, 5.41) is 4.07. The number of aromatic nitrogens is 2. The Labute approximate surface area is 172 Å². The Bertz CT molecular complexity index is 992. The van der Waals surface area contributed by atoms with Gasteiger partial charge in [0.2, 0.25) is 5.95 Å². The molecular formula is C21H23ClN4OS. The van der Waals surface area contributed by atoms with E-state index in [2.05, 4.69) is 15.3 Å². The van der Waals surface area contributed by atoms with E-state index in [1.807, 2.05) is 55.5 Å². The van der Waals surface area contributed by atoms with Crippen molar-refractivity contribution >= 4 is 34.0 Å². The summed E-state index contributed by atoms with van der Waals surface area (Å²) in [5.74, 6) is 0.267. The van der Waals surface area contributed by atoms with Crippen LogP contribution < -0.4 is 11.1 Å². The topological polar surface area (TPSA) is 80.9 Å². The van der Waals surface area contributed by atoms with Crippen molar-refractivity contribution in [2.75, 3.05) is 23.9 Å². The van der Waals surface area contributed by atoms with Crippen molar-refractivity contribution < 1.29 is 4.21 Å². The zero-order valence-electron chi connectivity index (χ0n) is 15.9. The number of benzene rings is 2. The molecule has 3 rings (SSSR count). The van der Waals surface area contributed by atoms with E-state index in [9.17, 15) is 4.21 Å². The van der Waals surface area contributed by atoms with E-state index in [-0.39, 0.29) is 5.95 Å². The molecule has 0 saturated heterocycles. The van der Waals surface area contributed by atoms with Gasteiger partial charge in [-0.25, -0.2) is 9.97 Å².